The maximum absolute atomic E-state index is 4.38. The van der Waals surface area contributed by atoms with Crippen molar-refractivity contribution in [2.75, 3.05) is 13.1 Å². The molecule has 1 aliphatic rings. The van der Waals surface area contributed by atoms with Gasteiger partial charge in [-0.2, -0.15) is 0 Å². The van der Waals surface area contributed by atoms with E-state index in [9.17, 15) is 0 Å². The zero-order chi connectivity index (χ0) is 10.9. The molecule has 84 valence electrons. The Balaban J connectivity index is 1.95. The van der Waals surface area contributed by atoms with E-state index in [-0.39, 0.29) is 0 Å². The van der Waals surface area contributed by atoms with E-state index in [0.29, 0.717) is 5.41 Å². The van der Waals surface area contributed by atoms with Gasteiger partial charge in [-0.3, -0.25) is 0 Å². The van der Waals surface area contributed by atoms with Crippen molar-refractivity contribution in [2.24, 2.45) is 18.4 Å². The third-order valence-electron chi connectivity index (χ3n) is 3.95. The van der Waals surface area contributed by atoms with Gasteiger partial charge < -0.3 is 9.88 Å². The normalized spacial score (nSPS) is 19.2. The minimum atomic E-state index is 0.520. The zero-order valence-corrected chi connectivity index (χ0v) is 9.95. The summed E-state index contributed by atoms with van der Waals surface area (Å²) in [6.45, 7) is 7.02. The van der Waals surface area contributed by atoms with E-state index in [2.05, 4.69) is 35.8 Å². The fourth-order valence-corrected chi connectivity index (χ4v) is 2.32. The van der Waals surface area contributed by atoms with Gasteiger partial charge in [0.05, 0.1) is 0 Å². The molecule has 0 spiro atoms. The van der Waals surface area contributed by atoms with Gasteiger partial charge in [0, 0.05) is 39.0 Å². The lowest BCUT2D eigenvalue weighted by molar-refractivity contribution is 0.0868. The lowest BCUT2D eigenvalue weighted by atomic mass is 9.69. The Morgan fingerprint density at radius 2 is 2.27 bits per heavy atom. The molecular weight excluding hydrogens is 186 g/mol. The number of rotatable bonds is 4. The number of aromatic nitrogens is 2. The molecule has 3 nitrogen and oxygen atoms in total. The van der Waals surface area contributed by atoms with Crippen molar-refractivity contribution >= 4 is 0 Å². The number of imidazole rings is 1. The second-order valence-corrected chi connectivity index (χ2v) is 5.08. The van der Waals surface area contributed by atoms with Gasteiger partial charge in [-0.15, -0.1) is 0 Å². The maximum Gasteiger partial charge on any atom is 0.108 e. The Labute approximate surface area is 91.9 Å². The summed E-state index contributed by atoms with van der Waals surface area (Å²) in [6, 6.07) is 0. The summed E-state index contributed by atoms with van der Waals surface area (Å²) in [6.07, 6.45) is 6.26. The largest absolute Gasteiger partial charge is 0.338 e. The first kappa shape index (κ1) is 10.7. The molecule has 1 aliphatic heterocycles. The predicted octanol–water partition coefficient (Wildman–Crippen LogP) is 1.60. The molecule has 0 atom stereocenters. The maximum atomic E-state index is 4.38. The van der Waals surface area contributed by atoms with Crippen molar-refractivity contribution in [3.63, 3.8) is 0 Å². The van der Waals surface area contributed by atoms with Crippen LogP contribution in [0.5, 0.6) is 0 Å². The number of hydrogen-bond acceptors (Lipinski definition) is 2. The molecule has 3 heteroatoms. The first-order valence-corrected chi connectivity index (χ1v) is 5.81. The summed E-state index contributed by atoms with van der Waals surface area (Å²) in [5, 5.41) is 3.40. The van der Waals surface area contributed by atoms with Crippen molar-refractivity contribution in [3.05, 3.63) is 18.2 Å². The molecule has 1 aromatic heterocycles. The summed E-state index contributed by atoms with van der Waals surface area (Å²) in [4.78, 5) is 4.38. The third-order valence-corrected chi connectivity index (χ3v) is 3.95. The highest BCUT2D eigenvalue weighted by molar-refractivity contribution is 4.99. The molecule has 1 saturated heterocycles. The molecule has 1 aromatic rings. The van der Waals surface area contributed by atoms with Crippen LogP contribution < -0.4 is 5.32 Å². The van der Waals surface area contributed by atoms with Crippen molar-refractivity contribution in [1.82, 2.24) is 14.9 Å². The van der Waals surface area contributed by atoms with E-state index in [4.69, 9.17) is 0 Å². The van der Waals surface area contributed by atoms with Gasteiger partial charge >= 0.3 is 0 Å². The molecule has 0 aromatic carbocycles. The SMILES string of the molecule is CC(C)C1(CCc2nccn2C)CNC1. The van der Waals surface area contributed by atoms with Gasteiger partial charge in [0.15, 0.2) is 0 Å². The smallest absolute Gasteiger partial charge is 0.108 e. The Kier molecular flexibility index (Phi) is 2.83. The van der Waals surface area contributed by atoms with Crippen LogP contribution in [0.3, 0.4) is 0 Å². The predicted molar refractivity (Wildman–Crippen MR) is 61.7 cm³/mol. The van der Waals surface area contributed by atoms with Crippen LogP contribution in [0.25, 0.3) is 0 Å². The highest BCUT2D eigenvalue weighted by Crippen LogP contribution is 2.36. The zero-order valence-electron chi connectivity index (χ0n) is 9.95. The molecule has 0 aliphatic carbocycles. The molecule has 2 rings (SSSR count). The van der Waals surface area contributed by atoms with E-state index < -0.39 is 0 Å². The van der Waals surface area contributed by atoms with Crippen LogP contribution in [0.15, 0.2) is 12.4 Å². The molecule has 0 unspecified atom stereocenters. The number of nitrogens with one attached hydrogen (secondary N) is 1. The second-order valence-electron chi connectivity index (χ2n) is 5.08. The van der Waals surface area contributed by atoms with E-state index >= 15 is 0 Å². The van der Waals surface area contributed by atoms with Gasteiger partial charge in [0.2, 0.25) is 0 Å². The molecule has 1 fully saturated rings. The molecule has 0 amide bonds. The van der Waals surface area contributed by atoms with E-state index in [0.717, 1.165) is 12.3 Å². The molecule has 2 heterocycles. The van der Waals surface area contributed by atoms with Crippen LogP contribution in [0, 0.1) is 11.3 Å². The minimum Gasteiger partial charge on any atom is -0.338 e. The van der Waals surface area contributed by atoms with Gasteiger partial charge in [-0.25, -0.2) is 4.98 Å². The van der Waals surface area contributed by atoms with Crippen LogP contribution in [-0.2, 0) is 13.5 Å². The molecule has 0 bridgehead atoms. The highest BCUT2D eigenvalue weighted by Gasteiger charge is 2.39. The van der Waals surface area contributed by atoms with Crippen molar-refractivity contribution in [1.29, 1.82) is 0 Å². The molecule has 1 N–H and O–H groups in total. The summed E-state index contributed by atoms with van der Waals surface area (Å²) >= 11 is 0. The number of aryl methyl sites for hydroxylation is 2. The Hall–Kier alpha value is -0.830. The summed E-state index contributed by atoms with van der Waals surface area (Å²) in [5.74, 6) is 1.97. The Morgan fingerprint density at radius 3 is 2.67 bits per heavy atom. The van der Waals surface area contributed by atoms with Gasteiger partial charge in [-0.05, 0) is 17.8 Å². The van der Waals surface area contributed by atoms with Crippen LogP contribution in [0.4, 0.5) is 0 Å². The summed E-state index contributed by atoms with van der Waals surface area (Å²) in [7, 11) is 2.07. The van der Waals surface area contributed by atoms with Crippen molar-refractivity contribution < 1.29 is 0 Å². The number of hydrogen-bond donors (Lipinski definition) is 1. The molecule has 0 saturated carbocycles. The van der Waals surface area contributed by atoms with Crippen molar-refractivity contribution in [2.45, 2.75) is 26.7 Å². The second kappa shape index (κ2) is 3.97. The fourth-order valence-electron chi connectivity index (χ4n) is 2.32. The molecular formula is C12H21N3. The average molecular weight is 207 g/mol. The fraction of sp³-hybridized carbons (Fsp3) is 0.750. The quantitative estimate of drug-likeness (QED) is 0.812. The lowest BCUT2D eigenvalue weighted by Crippen LogP contribution is -2.56. The first-order valence-electron chi connectivity index (χ1n) is 5.81. The van der Waals surface area contributed by atoms with Crippen LogP contribution >= 0.6 is 0 Å². The van der Waals surface area contributed by atoms with Crippen LogP contribution in [0.2, 0.25) is 0 Å². The summed E-state index contributed by atoms with van der Waals surface area (Å²) in [5.41, 5.74) is 0.520. The highest BCUT2D eigenvalue weighted by atomic mass is 15.0. The van der Waals surface area contributed by atoms with Crippen LogP contribution in [0.1, 0.15) is 26.1 Å². The molecule has 15 heavy (non-hydrogen) atoms. The monoisotopic (exact) mass is 207 g/mol. The van der Waals surface area contributed by atoms with Gasteiger partial charge in [0.25, 0.3) is 0 Å². The summed E-state index contributed by atoms with van der Waals surface area (Å²) < 4.78 is 2.13. The first-order chi connectivity index (χ1) is 7.14. The molecule has 0 radical (unpaired) electrons. The topological polar surface area (TPSA) is 29.9 Å². The van der Waals surface area contributed by atoms with Gasteiger partial charge in [0.1, 0.15) is 5.82 Å². The van der Waals surface area contributed by atoms with E-state index in [1.54, 1.807) is 0 Å². The minimum absolute atomic E-state index is 0.520. The van der Waals surface area contributed by atoms with Crippen LogP contribution in [-0.4, -0.2) is 22.6 Å². The number of nitrogens with zero attached hydrogens (tertiary/aromatic N) is 2. The third kappa shape index (κ3) is 1.93. The Morgan fingerprint density at radius 1 is 1.53 bits per heavy atom. The van der Waals surface area contributed by atoms with E-state index in [1.165, 1.54) is 25.3 Å². The van der Waals surface area contributed by atoms with E-state index in [1.807, 2.05) is 12.4 Å². The average Bonchev–Trinajstić information content (AvgIpc) is 2.49. The Bertz CT molecular complexity index is 323. The standard InChI is InChI=1S/C12H21N3/c1-10(2)12(8-13-9-12)5-4-11-14-6-7-15(11)3/h6-7,10,13H,4-5,8-9H2,1-3H3. The van der Waals surface area contributed by atoms with Gasteiger partial charge in [-0.1, -0.05) is 13.8 Å². The van der Waals surface area contributed by atoms with Crippen molar-refractivity contribution in [3.8, 4) is 0 Å². The lowest BCUT2D eigenvalue weighted by Gasteiger charge is -2.46.